The zero-order valence-corrected chi connectivity index (χ0v) is 17.4. The molecule has 0 aromatic heterocycles. The van der Waals surface area contributed by atoms with Gasteiger partial charge in [0, 0.05) is 12.1 Å². The van der Waals surface area contributed by atoms with E-state index in [0.717, 1.165) is 18.4 Å². The zero-order chi connectivity index (χ0) is 19.9. The molecule has 1 aliphatic rings. The lowest BCUT2D eigenvalue weighted by atomic mass is 9.88. The van der Waals surface area contributed by atoms with Crippen LogP contribution in [0, 0.1) is 0 Å². The molecule has 2 rings (SSSR count). The number of carbonyl (C=O) groups is 1. The van der Waals surface area contributed by atoms with Crippen molar-refractivity contribution in [2.75, 3.05) is 42.0 Å². The molecule has 152 valence electrons. The number of nitrogens with one attached hydrogen (secondary N) is 1. The molecule has 1 N–H and O–H groups in total. The van der Waals surface area contributed by atoms with Crippen molar-refractivity contribution in [3.8, 4) is 17.2 Å². The average molecular weight is 379 g/mol. The summed E-state index contributed by atoms with van der Waals surface area (Å²) in [6.45, 7) is 0.684. The van der Waals surface area contributed by atoms with Crippen LogP contribution >= 0.6 is 0 Å². The van der Waals surface area contributed by atoms with E-state index in [4.69, 9.17) is 14.2 Å². The number of hydrogen-bond acceptors (Lipinski definition) is 5. The minimum atomic E-state index is 0.00902. The second-order valence-corrected chi connectivity index (χ2v) is 7.52. The van der Waals surface area contributed by atoms with Crippen molar-refractivity contribution < 1.29 is 19.0 Å². The number of ether oxygens (including phenoxy) is 3. The molecular weight excluding hydrogens is 344 g/mol. The summed E-state index contributed by atoms with van der Waals surface area (Å²) in [5.74, 6) is 1.67. The Balaban J connectivity index is 2.06. The maximum Gasteiger partial charge on any atom is 0.224 e. The molecule has 0 spiro atoms. The molecule has 0 bridgehead atoms. The summed E-state index contributed by atoms with van der Waals surface area (Å²) < 4.78 is 16.1. The molecule has 0 radical (unpaired) electrons. The van der Waals surface area contributed by atoms with Crippen LogP contribution in [-0.4, -0.2) is 58.3 Å². The summed E-state index contributed by atoms with van der Waals surface area (Å²) in [6, 6.07) is 3.66. The predicted octanol–water partition coefficient (Wildman–Crippen LogP) is 3.03. The van der Waals surface area contributed by atoms with Gasteiger partial charge in [0.2, 0.25) is 11.7 Å². The van der Waals surface area contributed by atoms with Crippen LogP contribution < -0.4 is 19.5 Å². The molecule has 6 heteroatoms. The molecule has 1 aliphatic carbocycles. The Hall–Kier alpha value is -1.95. The molecule has 0 unspecified atom stereocenters. The quantitative estimate of drug-likeness (QED) is 0.705. The first-order valence-electron chi connectivity index (χ1n) is 9.69. The van der Waals surface area contributed by atoms with Crippen LogP contribution in [-0.2, 0) is 11.2 Å². The molecule has 1 aromatic rings. The highest BCUT2D eigenvalue weighted by Crippen LogP contribution is 2.38. The SMILES string of the molecule is COc1cc(CC(=O)NCC2(N(C)C)CCCCCC2)cc(OC)c1OC. The van der Waals surface area contributed by atoms with Gasteiger partial charge in [0.1, 0.15) is 0 Å². The number of hydrogen-bond donors (Lipinski definition) is 1. The lowest BCUT2D eigenvalue weighted by Gasteiger charge is -2.39. The van der Waals surface area contributed by atoms with Crippen LogP contribution in [0.3, 0.4) is 0 Å². The van der Waals surface area contributed by atoms with E-state index in [1.165, 1.54) is 25.7 Å². The lowest BCUT2D eigenvalue weighted by molar-refractivity contribution is -0.121. The fourth-order valence-corrected chi connectivity index (χ4v) is 3.92. The van der Waals surface area contributed by atoms with Crippen LogP contribution in [0.5, 0.6) is 17.2 Å². The highest BCUT2D eigenvalue weighted by Gasteiger charge is 2.33. The van der Waals surface area contributed by atoms with Crippen molar-refractivity contribution in [3.63, 3.8) is 0 Å². The lowest BCUT2D eigenvalue weighted by Crippen LogP contribution is -2.52. The topological polar surface area (TPSA) is 60.0 Å². The van der Waals surface area contributed by atoms with Crippen LogP contribution in [0.1, 0.15) is 44.1 Å². The van der Waals surface area contributed by atoms with E-state index in [0.29, 0.717) is 23.8 Å². The number of likely N-dealkylation sites (N-methyl/N-ethyl adjacent to an activating group) is 1. The highest BCUT2D eigenvalue weighted by molar-refractivity contribution is 5.79. The minimum Gasteiger partial charge on any atom is -0.493 e. The smallest absolute Gasteiger partial charge is 0.224 e. The van der Waals surface area contributed by atoms with Crippen molar-refractivity contribution in [2.24, 2.45) is 0 Å². The molecule has 0 saturated heterocycles. The van der Waals surface area contributed by atoms with Crippen LogP contribution in [0.25, 0.3) is 0 Å². The average Bonchev–Trinajstić information content (AvgIpc) is 2.92. The van der Waals surface area contributed by atoms with E-state index in [1.807, 2.05) is 12.1 Å². The summed E-state index contributed by atoms with van der Waals surface area (Å²) >= 11 is 0. The minimum absolute atomic E-state index is 0.00902. The van der Waals surface area contributed by atoms with Crippen molar-refractivity contribution in [3.05, 3.63) is 17.7 Å². The molecule has 6 nitrogen and oxygen atoms in total. The molecule has 1 aromatic carbocycles. The fraction of sp³-hybridized carbons (Fsp3) is 0.667. The van der Waals surface area contributed by atoms with Gasteiger partial charge in [-0.1, -0.05) is 25.7 Å². The molecule has 1 fully saturated rings. The van der Waals surface area contributed by atoms with Gasteiger partial charge in [0.05, 0.1) is 27.8 Å². The van der Waals surface area contributed by atoms with Gasteiger partial charge in [-0.05, 0) is 44.6 Å². The van der Waals surface area contributed by atoms with E-state index >= 15 is 0 Å². The van der Waals surface area contributed by atoms with E-state index < -0.39 is 0 Å². The second kappa shape index (κ2) is 9.83. The first-order valence-corrected chi connectivity index (χ1v) is 9.69. The van der Waals surface area contributed by atoms with Crippen LogP contribution in [0.4, 0.5) is 0 Å². The number of amides is 1. The summed E-state index contributed by atoms with van der Waals surface area (Å²) in [7, 11) is 8.97. The van der Waals surface area contributed by atoms with E-state index in [1.54, 1.807) is 21.3 Å². The van der Waals surface area contributed by atoms with Crippen molar-refractivity contribution in [2.45, 2.75) is 50.5 Å². The zero-order valence-electron chi connectivity index (χ0n) is 17.4. The molecule has 27 heavy (non-hydrogen) atoms. The van der Waals surface area contributed by atoms with Gasteiger partial charge in [0.15, 0.2) is 11.5 Å². The Morgan fingerprint density at radius 3 is 2.00 bits per heavy atom. The summed E-state index contributed by atoms with van der Waals surface area (Å²) in [4.78, 5) is 14.9. The van der Waals surface area contributed by atoms with Gasteiger partial charge in [-0.15, -0.1) is 0 Å². The van der Waals surface area contributed by atoms with Crippen molar-refractivity contribution in [1.29, 1.82) is 0 Å². The van der Waals surface area contributed by atoms with Crippen molar-refractivity contribution in [1.82, 2.24) is 10.2 Å². The largest absolute Gasteiger partial charge is 0.493 e. The van der Waals surface area contributed by atoms with E-state index in [-0.39, 0.29) is 17.9 Å². The predicted molar refractivity (Wildman–Crippen MR) is 107 cm³/mol. The Bertz CT molecular complexity index is 598. The first kappa shape index (κ1) is 21.4. The summed E-state index contributed by atoms with van der Waals surface area (Å²) in [6.07, 6.45) is 7.56. The highest BCUT2D eigenvalue weighted by atomic mass is 16.5. The number of carbonyl (C=O) groups excluding carboxylic acids is 1. The second-order valence-electron chi connectivity index (χ2n) is 7.52. The maximum atomic E-state index is 12.6. The van der Waals surface area contributed by atoms with Gasteiger partial charge in [-0.2, -0.15) is 0 Å². The molecule has 0 heterocycles. The normalized spacial score (nSPS) is 16.5. The Morgan fingerprint density at radius 1 is 1.00 bits per heavy atom. The third-order valence-corrected chi connectivity index (χ3v) is 5.69. The third-order valence-electron chi connectivity index (χ3n) is 5.69. The van der Waals surface area contributed by atoms with Crippen LogP contribution in [0.2, 0.25) is 0 Å². The number of nitrogens with zero attached hydrogens (tertiary/aromatic N) is 1. The van der Waals surface area contributed by atoms with E-state index in [9.17, 15) is 4.79 Å². The standard InChI is InChI=1S/C21H34N2O4/c1-23(2)21(10-8-6-7-9-11-21)15-22-19(24)14-16-12-17(25-3)20(27-5)18(13-16)26-4/h12-13H,6-11,14-15H2,1-5H3,(H,22,24). The maximum absolute atomic E-state index is 12.6. The Morgan fingerprint density at radius 2 is 1.56 bits per heavy atom. The summed E-state index contributed by atoms with van der Waals surface area (Å²) in [5, 5.41) is 3.16. The van der Waals surface area contributed by atoms with Gasteiger partial charge < -0.3 is 24.4 Å². The monoisotopic (exact) mass is 378 g/mol. The van der Waals surface area contributed by atoms with Crippen molar-refractivity contribution >= 4 is 5.91 Å². The van der Waals surface area contributed by atoms with E-state index in [2.05, 4.69) is 24.3 Å². The molecule has 0 atom stereocenters. The van der Waals surface area contributed by atoms with Crippen LogP contribution in [0.15, 0.2) is 12.1 Å². The number of methoxy groups -OCH3 is 3. The summed E-state index contributed by atoms with van der Waals surface area (Å²) in [5.41, 5.74) is 0.892. The fourth-order valence-electron chi connectivity index (χ4n) is 3.92. The molecule has 1 saturated carbocycles. The molecular formula is C21H34N2O4. The number of rotatable bonds is 8. The molecule has 1 amide bonds. The van der Waals surface area contributed by atoms with Gasteiger partial charge in [-0.25, -0.2) is 0 Å². The third kappa shape index (κ3) is 5.28. The Labute approximate surface area is 163 Å². The first-order chi connectivity index (χ1) is 13.0. The van der Waals surface area contributed by atoms with Gasteiger partial charge in [-0.3, -0.25) is 4.79 Å². The Kier molecular flexibility index (Phi) is 7.78. The molecule has 0 aliphatic heterocycles. The van der Waals surface area contributed by atoms with Gasteiger partial charge in [0.25, 0.3) is 0 Å². The number of benzene rings is 1. The van der Waals surface area contributed by atoms with Gasteiger partial charge >= 0.3 is 0 Å².